The number of carbonyl (C=O) groups excluding carboxylic acids is 1. The molecule has 0 saturated heterocycles. The van der Waals surface area contributed by atoms with E-state index >= 15 is 0 Å². The van der Waals surface area contributed by atoms with Crippen molar-refractivity contribution < 1.29 is 9.53 Å². The average molecular weight is 361 g/mol. The van der Waals surface area contributed by atoms with Crippen LogP contribution in [0.15, 0.2) is 48.5 Å². The molecule has 134 valence electrons. The largest absolute Gasteiger partial charge is 0.414 e. The van der Waals surface area contributed by atoms with Crippen molar-refractivity contribution in [2.45, 2.75) is 25.3 Å². The summed E-state index contributed by atoms with van der Waals surface area (Å²) < 4.78 is 5.34. The molecule has 1 unspecified atom stereocenters. The third-order valence-corrected chi connectivity index (χ3v) is 4.30. The molecule has 0 bridgehead atoms. The predicted octanol–water partition coefficient (Wildman–Crippen LogP) is 4.68. The summed E-state index contributed by atoms with van der Waals surface area (Å²) in [4.78, 5) is 13.1. The minimum Gasteiger partial charge on any atom is -0.410 e. The Bertz CT molecular complexity index is 686. The molecule has 0 aliphatic rings. The number of nitrogens with zero attached hydrogens (tertiary/aromatic N) is 1. The molecule has 2 aromatic carbocycles. The molecule has 5 heteroatoms. The zero-order chi connectivity index (χ0) is 18.2. The highest BCUT2D eigenvalue weighted by atomic mass is 35.5. The van der Waals surface area contributed by atoms with Gasteiger partial charge >= 0.3 is 6.09 Å². The first-order valence-corrected chi connectivity index (χ1v) is 8.78. The second kappa shape index (κ2) is 9.44. The van der Waals surface area contributed by atoms with Gasteiger partial charge in [0.05, 0.1) is 0 Å². The number of hydrogen-bond acceptors (Lipinski definition) is 3. The lowest BCUT2D eigenvalue weighted by molar-refractivity contribution is 0.172. The Hall–Kier alpha value is -2.04. The van der Waals surface area contributed by atoms with Crippen molar-refractivity contribution in [1.29, 1.82) is 0 Å². The highest BCUT2D eigenvalue weighted by molar-refractivity contribution is 6.30. The highest BCUT2D eigenvalue weighted by Crippen LogP contribution is 2.24. The summed E-state index contributed by atoms with van der Waals surface area (Å²) >= 11 is 5.92. The van der Waals surface area contributed by atoms with Crippen LogP contribution >= 0.6 is 11.6 Å². The highest BCUT2D eigenvalue weighted by Gasteiger charge is 2.12. The van der Waals surface area contributed by atoms with Crippen molar-refractivity contribution in [3.05, 3.63) is 64.7 Å². The summed E-state index contributed by atoms with van der Waals surface area (Å²) in [7, 11) is 5.28. The van der Waals surface area contributed by atoms with E-state index in [0.717, 1.165) is 29.8 Å². The van der Waals surface area contributed by atoms with Gasteiger partial charge in [0.25, 0.3) is 0 Å². The number of benzene rings is 2. The minimum absolute atomic E-state index is 0.213. The van der Waals surface area contributed by atoms with E-state index in [-0.39, 0.29) is 12.1 Å². The van der Waals surface area contributed by atoms with E-state index in [4.69, 9.17) is 16.3 Å². The van der Waals surface area contributed by atoms with E-state index in [9.17, 15) is 4.79 Å². The Labute approximate surface area is 154 Å². The molecule has 4 nitrogen and oxygen atoms in total. The molecule has 0 radical (unpaired) electrons. The van der Waals surface area contributed by atoms with Gasteiger partial charge in [0.15, 0.2) is 0 Å². The molecular weight excluding hydrogens is 336 g/mol. The first kappa shape index (κ1) is 19.3. The third-order valence-electron chi connectivity index (χ3n) is 4.05. The molecule has 2 rings (SSSR count). The molecule has 0 aliphatic heterocycles. The molecule has 0 fully saturated rings. The van der Waals surface area contributed by atoms with Crippen LogP contribution in [0, 0.1) is 0 Å². The Morgan fingerprint density at radius 2 is 1.92 bits per heavy atom. The van der Waals surface area contributed by atoms with Crippen LogP contribution in [0.2, 0.25) is 5.02 Å². The van der Waals surface area contributed by atoms with Gasteiger partial charge in [-0.2, -0.15) is 0 Å². The molecule has 0 heterocycles. The molecule has 1 atom stereocenters. The van der Waals surface area contributed by atoms with Gasteiger partial charge in [0, 0.05) is 25.2 Å². The topological polar surface area (TPSA) is 41.6 Å². The zero-order valence-electron chi connectivity index (χ0n) is 15.0. The quantitative estimate of drug-likeness (QED) is 0.779. The number of hydrogen-bond donors (Lipinski definition) is 1. The second-order valence-corrected chi connectivity index (χ2v) is 6.63. The van der Waals surface area contributed by atoms with Crippen LogP contribution in [-0.4, -0.2) is 32.1 Å². The summed E-state index contributed by atoms with van der Waals surface area (Å²) in [5, 5.41) is 4.11. The Kier molecular flexibility index (Phi) is 7.29. The SMILES string of the molecule is CNC(CCCc1ccc(Cl)cc1)c1cccc(OC(=O)N(C)C)c1. The van der Waals surface area contributed by atoms with Crippen LogP contribution in [0.3, 0.4) is 0 Å². The summed E-state index contributed by atoms with van der Waals surface area (Å²) in [6.45, 7) is 0. The van der Waals surface area contributed by atoms with Crippen molar-refractivity contribution in [2.75, 3.05) is 21.1 Å². The van der Waals surface area contributed by atoms with Crippen LogP contribution in [0.1, 0.15) is 30.0 Å². The molecule has 25 heavy (non-hydrogen) atoms. The first-order valence-electron chi connectivity index (χ1n) is 8.40. The van der Waals surface area contributed by atoms with Crippen LogP contribution in [-0.2, 0) is 6.42 Å². The molecule has 0 aromatic heterocycles. The Morgan fingerprint density at radius 3 is 2.56 bits per heavy atom. The van der Waals surface area contributed by atoms with Crippen molar-refractivity contribution >= 4 is 17.7 Å². The maximum atomic E-state index is 11.7. The maximum Gasteiger partial charge on any atom is 0.414 e. The van der Waals surface area contributed by atoms with Gasteiger partial charge in [-0.15, -0.1) is 0 Å². The lowest BCUT2D eigenvalue weighted by Gasteiger charge is -2.18. The predicted molar refractivity (Wildman–Crippen MR) is 102 cm³/mol. The van der Waals surface area contributed by atoms with Crippen LogP contribution in [0.25, 0.3) is 0 Å². The number of amides is 1. The van der Waals surface area contributed by atoms with E-state index in [0.29, 0.717) is 5.75 Å². The molecule has 0 saturated carbocycles. The second-order valence-electron chi connectivity index (χ2n) is 6.19. The van der Waals surface area contributed by atoms with Gasteiger partial charge in [-0.25, -0.2) is 4.79 Å². The van der Waals surface area contributed by atoms with Gasteiger partial charge in [-0.1, -0.05) is 35.9 Å². The summed E-state index contributed by atoms with van der Waals surface area (Å²) in [5.74, 6) is 0.564. The molecular formula is C20H25ClN2O2. The maximum absolute atomic E-state index is 11.7. The first-order chi connectivity index (χ1) is 12.0. The van der Waals surface area contributed by atoms with Crippen LogP contribution in [0.5, 0.6) is 5.75 Å². The van der Waals surface area contributed by atoms with Gasteiger partial charge in [-0.05, 0) is 61.7 Å². The molecule has 0 aliphatic carbocycles. The molecule has 1 amide bonds. The van der Waals surface area contributed by atoms with Crippen LogP contribution < -0.4 is 10.1 Å². The number of rotatable bonds is 7. The number of halogens is 1. The Morgan fingerprint density at radius 1 is 1.20 bits per heavy atom. The van der Waals surface area contributed by atoms with Gasteiger partial charge in [-0.3, -0.25) is 0 Å². The van der Waals surface area contributed by atoms with Crippen molar-refractivity contribution in [3.63, 3.8) is 0 Å². The molecule has 2 aromatic rings. The van der Waals surface area contributed by atoms with E-state index in [1.54, 1.807) is 20.2 Å². The van der Waals surface area contributed by atoms with Crippen molar-refractivity contribution in [1.82, 2.24) is 10.2 Å². The number of ether oxygens (including phenoxy) is 1. The number of carbonyl (C=O) groups is 1. The fraction of sp³-hybridized carbons (Fsp3) is 0.350. The lowest BCUT2D eigenvalue weighted by Crippen LogP contribution is -2.25. The van der Waals surface area contributed by atoms with Crippen molar-refractivity contribution in [2.24, 2.45) is 0 Å². The summed E-state index contributed by atoms with van der Waals surface area (Å²) in [5.41, 5.74) is 2.40. The summed E-state index contributed by atoms with van der Waals surface area (Å²) in [6.07, 6.45) is 2.67. The fourth-order valence-electron chi connectivity index (χ4n) is 2.63. The molecule has 0 spiro atoms. The Balaban J connectivity index is 1.95. The lowest BCUT2D eigenvalue weighted by atomic mass is 9.99. The zero-order valence-corrected chi connectivity index (χ0v) is 15.7. The third kappa shape index (κ3) is 6.07. The standard InChI is InChI=1S/C20H25ClN2O2/c1-22-19(9-4-6-15-10-12-17(21)13-11-15)16-7-5-8-18(14-16)25-20(24)23(2)3/h5,7-8,10-14,19,22H,4,6,9H2,1-3H3. The van der Waals surface area contributed by atoms with Gasteiger partial charge in [0.2, 0.25) is 0 Å². The fourth-order valence-corrected chi connectivity index (χ4v) is 2.75. The van der Waals surface area contributed by atoms with Gasteiger partial charge < -0.3 is 15.0 Å². The van der Waals surface area contributed by atoms with E-state index < -0.39 is 0 Å². The number of nitrogens with one attached hydrogen (secondary N) is 1. The van der Waals surface area contributed by atoms with E-state index in [1.807, 2.05) is 31.3 Å². The smallest absolute Gasteiger partial charge is 0.410 e. The normalized spacial score (nSPS) is 11.8. The molecule has 1 N–H and O–H groups in total. The average Bonchev–Trinajstić information content (AvgIpc) is 2.60. The van der Waals surface area contributed by atoms with Crippen molar-refractivity contribution in [3.8, 4) is 5.75 Å². The van der Waals surface area contributed by atoms with E-state index in [2.05, 4.69) is 23.5 Å². The minimum atomic E-state index is -0.374. The van der Waals surface area contributed by atoms with Crippen LogP contribution in [0.4, 0.5) is 4.79 Å². The van der Waals surface area contributed by atoms with E-state index in [1.165, 1.54) is 10.5 Å². The monoisotopic (exact) mass is 360 g/mol. The summed E-state index contributed by atoms with van der Waals surface area (Å²) in [6, 6.07) is 15.9. The number of aryl methyl sites for hydroxylation is 1. The van der Waals surface area contributed by atoms with Gasteiger partial charge in [0.1, 0.15) is 5.75 Å².